The van der Waals surface area contributed by atoms with Crippen LogP contribution in [0.25, 0.3) is 0 Å². The van der Waals surface area contributed by atoms with E-state index in [-0.39, 0.29) is 10.5 Å². The van der Waals surface area contributed by atoms with E-state index in [9.17, 15) is 10.1 Å². The monoisotopic (exact) mass is 144 g/mol. The summed E-state index contributed by atoms with van der Waals surface area (Å²) in [6.07, 6.45) is 0. The Labute approximate surface area is 49.8 Å². The molecule has 7 heavy (non-hydrogen) atoms. The van der Waals surface area contributed by atoms with Gasteiger partial charge in [0.15, 0.2) is 11.0 Å². The number of alkyl halides is 1. The minimum absolute atomic E-state index is 0.252. The highest BCUT2D eigenvalue weighted by Crippen LogP contribution is 1.93. The van der Waals surface area contributed by atoms with Crippen molar-refractivity contribution in [1.82, 2.24) is 4.53 Å². The number of halogens is 2. The fourth-order valence-electron chi connectivity index (χ4n) is 0.0436. The molecular formula is CH2Cl2N2O2. The number of hydrazine groups is 1. The minimum atomic E-state index is -0.811. The molecule has 0 aliphatic heterocycles. The van der Waals surface area contributed by atoms with Gasteiger partial charge in [-0.2, -0.15) is 0 Å². The second-order valence-corrected chi connectivity index (χ2v) is 1.32. The van der Waals surface area contributed by atoms with E-state index >= 15 is 0 Å². The molecule has 0 aliphatic carbocycles. The first-order valence-corrected chi connectivity index (χ1v) is 2.19. The Morgan fingerprint density at radius 2 is 2.29 bits per heavy atom. The molecule has 0 spiro atoms. The Balaban J connectivity index is 3.34. The lowest BCUT2D eigenvalue weighted by Crippen LogP contribution is -2.16. The van der Waals surface area contributed by atoms with Crippen LogP contribution >= 0.6 is 23.4 Å². The van der Waals surface area contributed by atoms with E-state index in [1.807, 2.05) is 0 Å². The highest BCUT2D eigenvalue weighted by atomic mass is 35.5. The maximum atomic E-state index is 9.45. The molecule has 0 unspecified atom stereocenters. The summed E-state index contributed by atoms with van der Waals surface area (Å²) in [5, 5.41) is 8.63. The molecule has 4 nitrogen and oxygen atoms in total. The van der Waals surface area contributed by atoms with Crippen molar-refractivity contribution < 1.29 is 5.03 Å². The van der Waals surface area contributed by atoms with Crippen LogP contribution in [0.2, 0.25) is 0 Å². The predicted molar refractivity (Wildman–Crippen MR) is 25.4 cm³/mol. The number of nitro groups is 1. The predicted octanol–water partition coefficient (Wildman–Crippen LogP) is 0.830. The molecule has 0 rings (SSSR count). The fraction of sp³-hybridized carbons (Fsp3) is 1.00. The molecule has 42 valence electrons. The van der Waals surface area contributed by atoms with E-state index in [1.54, 1.807) is 0 Å². The van der Waals surface area contributed by atoms with Gasteiger partial charge in [-0.1, -0.05) is 11.6 Å². The summed E-state index contributed by atoms with van der Waals surface area (Å²) in [7, 11) is 0. The van der Waals surface area contributed by atoms with Crippen LogP contribution in [-0.2, 0) is 0 Å². The highest BCUT2D eigenvalue weighted by molar-refractivity contribution is 6.22. The van der Waals surface area contributed by atoms with Crippen LogP contribution < -0.4 is 0 Å². The average Bonchev–Trinajstić information content (AvgIpc) is 1.65. The van der Waals surface area contributed by atoms with Gasteiger partial charge in [0.2, 0.25) is 0 Å². The van der Waals surface area contributed by atoms with Crippen molar-refractivity contribution in [3.63, 3.8) is 0 Å². The Morgan fingerprint density at radius 3 is 2.29 bits per heavy atom. The minimum Gasteiger partial charge on any atom is -0.234 e. The summed E-state index contributed by atoms with van der Waals surface area (Å²) in [6, 6.07) is -0.311. The van der Waals surface area contributed by atoms with Gasteiger partial charge in [0, 0.05) is 0 Å². The van der Waals surface area contributed by atoms with Crippen LogP contribution in [0.5, 0.6) is 0 Å². The van der Waals surface area contributed by atoms with Crippen LogP contribution in [0, 0.1) is 10.1 Å². The van der Waals surface area contributed by atoms with Gasteiger partial charge in [-0.05, 0) is 4.53 Å². The zero-order valence-corrected chi connectivity index (χ0v) is 4.69. The molecule has 0 radical (unpaired) electrons. The number of hydrogen-bond acceptors (Lipinski definition) is 2. The molecule has 0 fully saturated rings. The van der Waals surface area contributed by atoms with Crippen LogP contribution in [0.1, 0.15) is 0 Å². The van der Waals surface area contributed by atoms with Crippen molar-refractivity contribution >= 4 is 23.4 Å². The van der Waals surface area contributed by atoms with Gasteiger partial charge in [-0.15, -0.1) is 0 Å². The summed E-state index contributed by atoms with van der Waals surface area (Å²) >= 11 is 9.70. The standard InChI is InChI=1S/CH2Cl2N2O2/c2-1-4(3)5(6)7/h1H2. The van der Waals surface area contributed by atoms with E-state index in [4.69, 9.17) is 23.4 Å². The second kappa shape index (κ2) is 2.87. The van der Waals surface area contributed by atoms with Crippen LogP contribution in [0.15, 0.2) is 0 Å². The molecule has 0 heterocycles. The summed E-state index contributed by atoms with van der Waals surface area (Å²) in [5.74, 6) is 0. The third kappa shape index (κ3) is 2.47. The van der Waals surface area contributed by atoms with Gasteiger partial charge in [0.05, 0.1) is 11.8 Å². The average molecular weight is 145 g/mol. The van der Waals surface area contributed by atoms with Gasteiger partial charge >= 0.3 is 0 Å². The fourth-order valence-corrected chi connectivity index (χ4v) is 0.131. The lowest BCUT2D eigenvalue weighted by Gasteiger charge is -1.95. The summed E-state index contributed by atoms with van der Waals surface area (Å²) in [6.45, 7) is 0. The zero-order chi connectivity index (χ0) is 5.86. The molecule has 0 aromatic rings. The van der Waals surface area contributed by atoms with Gasteiger partial charge in [0.25, 0.3) is 0 Å². The molecule has 0 amide bonds. The van der Waals surface area contributed by atoms with Gasteiger partial charge in [0.1, 0.15) is 0 Å². The Hall–Kier alpha value is -0.220. The molecule has 0 aliphatic rings. The summed E-state index contributed by atoms with van der Waals surface area (Å²) in [5.41, 5.74) is 0. The van der Waals surface area contributed by atoms with Crippen LogP contribution in [0.4, 0.5) is 0 Å². The molecule has 0 aromatic heterocycles. The van der Waals surface area contributed by atoms with Crippen molar-refractivity contribution in [2.75, 3.05) is 6.00 Å². The van der Waals surface area contributed by atoms with Crippen molar-refractivity contribution in [2.45, 2.75) is 0 Å². The summed E-state index contributed by atoms with van der Waals surface area (Å²) < 4.78 is 0.252. The van der Waals surface area contributed by atoms with Crippen molar-refractivity contribution in [3.05, 3.63) is 10.1 Å². The molecule has 0 atom stereocenters. The Morgan fingerprint density at radius 1 is 1.86 bits per heavy atom. The van der Waals surface area contributed by atoms with Gasteiger partial charge in [-0.25, -0.2) is 10.1 Å². The molecule has 0 saturated carbocycles. The largest absolute Gasteiger partial charge is 0.234 e. The molecular weight excluding hydrogens is 143 g/mol. The summed E-state index contributed by atoms with van der Waals surface area (Å²) in [4.78, 5) is 9.45. The third-order valence-corrected chi connectivity index (χ3v) is 0.868. The van der Waals surface area contributed by atoms with Gasteiger partial charge < -0.3 is 0 Å². The maximum Gasteiger partial charge on any atom is 0.177 e. The quantitative estimate of drug-likeness (QED) is 0.190. The SMILES string of the molecule is O=[N+]([O-])N(Cl)CCl. The second-order valence-electron chi connectivity index (χ2n) is 0.694. The molecule has 0 N–H and O–H groups in total. The Kier molecular flexibility index (Phi) is 2.78. The molecule has 0 bridgehead atoms. The Bertz CT molecular complexity index is 76.1. The molecule has 6 heteroatoms. The number of hydrogen-bond donors (Lipinski definition) is 0. The van der Waals surface area contributed by atoms with Crippen LogP contribution in [-0.4, -0.2) is 15.6 Å². The topological polar surface area (TPSA) is 46.4 Å². The lowest BCUT2D eigenvalue weighted by atomic mass is 11.5. The van der Waals surface area contributed by atoms with Crippen molar-refractivity contribution in [2.24, 2.45) is 0 Å². The van der Waals surface area contributed by atoms with Gasteiger partial charge in [-0.3, -0.25) is 0 Å². The van der Waals surface area contributed by atoms with E-state index in [2.05, 4.69) is 0 Å². The first-order chi connectivity index (χ1) is 3.18. The van der Waals surface area contributed by atoms with E-state index in [0.717, 1.165) is 0 Å². The van der Waals surface area contributed by atoms with E-state index < -0.39 is 5.03 Å². The smallest absolute Gasteiger partial charge is 0.177 e. The zero-order valence-electron chi connectivity index (χ0n) is 3.17. The highest BCUT2D eigenvalue weighted by Gasteiger charge is 2.04. The van der Waals surface area contributed by atoms with E-state index in [0.29, 0.717) is 0 Å². The molecule has 0 saturated heterocycles. The third-order valence-electron chi connectivity index (χ3n) is 0.276. The van der Waals surface area contributed by atoms with Crippen molar-refractivity contribution in [1.29, 1.82) is 0 Å². The normalized spacial score (nSPS) is 8.29. The van der Waals surface area contributed by atoms with Crippen LogP contribution in [0.3, 0.4) is 0 Å². The maximum absolute atomic E-state index is 9.45. The van der Waals surface area contributed by atoms with E-state index in [1.165, 1.54) is 0 Å². The van der Waals surface area contributed by atoms with Crippen molar-refractivity contribution in [3.8, 4) is 0 Å². The first kappa shape index (κ1) is 6.78. The number of nitrogens with zero attached hydrogens (tertiary/aromatic N) is 2. The first-order valence-electron chi connectivity index (χ1n) is 1.32. The molecule has 0 aromatic carbocycles. The number of rotatable bonds is 2. The lowest BCUT2D eigenvalue weighted by molar-refractivity contribution is -0.618.